The minimum Gasteiger partial charge on any atom is -0.481 e. The Labute approximate surface area is 121 Å². The summed E-state index contributed by atoms with van der Waals surface area (Å²) in [7, 11) is 0. The highest BCUT2D eigenvalue weighted by molar-refractivity contribution is 5.82. The Hall–Kier alpha value is -1.10. The summed E-state index contributed by atoms with van der Waals surface area (Å²) in [6, 6.07) is 0. The quantitative estimate of drug-likeness (QED) is 0.664. The molecule has 1 aliphatic rings. The molecule has 0 aliphatic carbocycles. The van der Waals surface area contributed by atoms with Gasteiger partial charge in [-0.3, -0.25) is 9.59 Å². The Balaban J connectivity index is 2.38. The zero-order valence-electron chi connectivity index (χ0n) is 12.9. The number of carboxylic acid groups (broad SMARTS) is 1. The summed E-state index contributed by atoms with van der Waals surface area (Å²) < 4.78 is 0. The molecule has 5 nitrogen and oxygen atoms in total. The van der Waals surface area contributed by atoms with Gasteiger partial charge in [0.05, 0.1) is 0 Å². The third-order valence-electron chi connectivity index (χ3n) is 4.36. The van der Waals surface area contributed by atoms with Crippen molar-refractivity contribution in [2.75, 3.05) is 19.6 Å². The van der Waals surface area contributed by atoms with Crippen LogP contribution in [0.3, 0.4) is 0 Å². The Kier molecular flexibility index (Phi) is 6.46. The molecule has 1 amide bonds. The summed E-state index contributed by atoms with van der Waals surface area (Å²) in [6.07, 6.45) is 2.96. The summed E-state index contributed by atoms with van der Waals surface area (Å²) >= 11 is 0. The number of carboxylic acids is 1. The number of hydrogen-bond acceptors (Lipinski definition) is 3. The van der Waals surface area contributed by atoms with E-state index in [4.69, 9.17) is 5.11 Å². The van der Waals surface area contributed by atoms with Gasteiger partial charge < -0.3 is 15.7 Å². The standard InChI is InChI=1S/C15H28N2O3/c1-11(6-7-13(18)19)9-17-14(20)15(2,3)12-5-4-8-16-10-12/h11-12,16H,4-10H2,1-3H3,(H,17,20)(H,18,19). The van der Waals surface area contributed by atoms with Gasteiger partial charge in [0.2, 0.25) is 5.91 Å². The van der Waals surface area contributed by atoms with Crippen LogP contribution in [0, 0.1) is 17.3 Å². The van der Waals surface area contributed by atoms with Gasteiger partial charge in [-0.2, -0.15) is 0 Å². The highest BCUT2D eigenvalue weighted by atomic mass is 16.4. The maximum absolute atomic E-state index is 12.4. The van der Waals surface area contributed by atoms with Crippen molar-refractivity contribution < 1.29 is 14.7 Å². The second kappa shape index (κ2) is 7.62. The molecule has 1 rings (SSSR count). The molecule has 0 aromatic heterocycles. The lowest BCUT2D eigenvalue weighted by Gasteiger charge is -2.36. The zero-order chi connectivity index (χ0) is 15.2. The van der Waals surface area contributed by atoms with Gasteiger partial charge in [-0.15, -0.1) is 0 Å². The minimum atomic E-state index is -0.781. The first kappa shape index (κ1) is 17.0. The van der Waals surface area contributed by atoms with Gasteiger partial charge in [0.1, 0.15) is 0 Å². The van der Waals surface area contributed by atoms with E-state index < -0.39 is 5.97 Å². The minimum absolute atomic E-state index is 0.0772. The molecular formula is C15H28N2O3. The summed E-state index contributed by atoms with van der Waals surface area (Å²) in [6.45, 7) is 8.47. The fraction of sp³-hybridized carbons (Fsp3) is 0.867. The summed E-state index contributed by atoms with van der Waals surface area (Å²) in [5, 5.41) is 15.0. The summed E-state index contributed by atoms with van der Waals surface area (Å²) in [5.41, 5.74) is -0.375. The monoisotopic (exact) mass is 284 g/mol. The van der Waals surface area contributed by atoms with Gasteiger partial charge >= 0.3 is 5.97 Å². The maximum atomic E-state index is 12.4. The predicted octanol–water partition coefficient (Wildman–Crippen LogP) is 1.63. The van der Waals surface area contributed by atoms with Crippen molar-refractivity contribution in [1.82, 2.24) is 10.6 Å². The largest absolute Gasteiger partial charge is 0.481 e. The van der Waals surface area contributed by atoms with Crippen LogP contribution in [0.1, 0.15) is 46.5 Å². The van der Waals surface area contributed by atoms with Gasteiger partial charge in [0.15, 0.2) is 0 Å². The second-order valence-electron chi connectivity index (χ2n) is 6.51. The molecule has 2 unspecified atom stereocenters. The van der Waals surface area contributed by atoms with Crippen LogP contribution >= 0.6 is 0 Å². The van der Waals surface area contributed by atoms with E-state index in [2.05, 4.69) is 10.6 Å². The summed E-state index contributed by atoms with van der Waals surface area (Å²) in [4.78, 5) is 22.9. The number of piperidine rings is 1. The van der Waals surface area contributed by atoms with E-state index in [0.29, 0.717) is 18.9 Å². The number of carbonyl (C=O) groups is 2. The van der Waals surface area contributed by atoms with E-state index in [1.165, 1.54) is 0 Å². The average molecular weight is 284 g/mol. The Bertz CT molecular complexity index is 336. The molecule has 1 fully saturated rings. The van der Waals surface area contributed by atoms with Crippen LogP contribution in [0.4, 0.5) is 0 Å². The number of hydrogen-bond donors (Lipinski definition) is 3. The van der Waals surface area contributed by atoms with Crippen molar-refractivity contribution in [3.05, 3.63) is 0 Å². The van der Waals surface area contributed by atoms with Crippen LogP contribution in [0.15, 0.2) is 0 Å². The van der Waals surface area contributed by atoms with Crippen molar-refractivity contribution in [1.29, 1.82) is 0 Å². The van der Waals surface area contributed by atoms with Crippen molar-refractivity contribution >= 4 is 11.9 Å². The fourth-order valence-electron chi connectivity index (χ4n) is 2.62. The van der Waals surface area contributed by atoms with E-state index in [-0.39, 0.29) is 23.7 Å². The third-order valence-corrected chi connectivity index (χ3v) is 4.36. The zero-order valence-corrected chi connectivity index (χ0v) is 12.9. The van der Waals surface area contributed by atoms with Crippen molar-refractivity contribution in [3.63, 3.8) is 0 Å². The molecule has 1 saturated heterocycles. The maximum Gasteiger partial charge on any atom is 0.303 e. The highest BCUT2D eigenvalue weighted by Gasteiger charge is 2.37. The molecule has 5 heteroatoms. The number of nitrogens with one attached hydrogen (secondary N) is 2. The average Bonchev–Trinajstić information content (AvgIpc) is 2.43. The lowest BCUT2D eigenvalue weighted by Crippen LogP contribution is -2.48. The van der Waals surface area contributed by atoms with E-state index in [1.54, 1.807) is 0 Å². The number of rotatable bonds is 7. The van der Waals surface area contributed by atoms with Crippen LogP contribution in [-0.4, -0.2) is 36.6 Å². The SMILES string of the molecule is CC(CCC(=O)O)CNC(=O)C(C)(C)C1CCCNC1. The molecule has 0 spiro atoms. The molecule has 0 saturated carbocycles. The third kappa shape index (κ3) is 5.12. The molecule has 20 heavy (non-hydrogen) atoms. The Morgan fingerprint density at radius 3 is 2.70 bits per heavy atom. The molecule has 0 radical (unpaired) electrons. The van der Waals surface area contributed by atoms with Crippen LogP contribution in [0.2, 0.25) is 0 Å². The van der Waals surface area contributed by atoms with Crippen molar-refractivity contribution in [2.24, 2.45) is 17.3 Å². The van der Waals surface area contributed by atoms with Gasteiger partial charge in [-0.1, -0.05) is 20.8 Å². The van der Waals surface area contributed by atoms with E-state index >= 15 is 0 Å². The van der Waals surface area contributed by atoms with Gasteiger partial charge in [-0.25, -0.2) is 0 Å². The van der Waals surface area contributed by atoms with E-state index in [0.717, 1.165) is 25.9 Å². The van der Waals surface area contributed by atoms with Crippen LogP contribution in [0.25, 0.3) is 0 Å². The smallest absolute Gasteiger partial charge is 0.303 e. The van der Waals surface area contributed by atoms with Gasteiger partial charge in [-0.05, 0) is 44.2 Å². The fourth-order valence-corrected chi connectivity index (χ4v) is 2.62. The second-order valence-corrected chi connectivity index (χ2v) is 6.51. The molecule has 0 bridgehead atoms. The van der Waals surface area contributed by atoms with Gasteiger partial charge in [0.25, 0.3) is 0 Å². The highest BCUT2D eigenvalue weighted by Crippen LogP contribution is 2.31. The molecule has 0 aromatic rings. The summed E-state index contributed by atoms with van der Waals surface area (Å²) in [5.74, 6) is -0.147. The Morgan fingerprint density at radius 2 is 2.15 bits per heavy atom. The van der Waals surface area contributed by atoms with Crippen LogP contribution in [-0.2, 0) is 9.59 Å². The topological polar surface area (TPSA) is 78.4 Å². The lowest BCUT2D eigenvalue weighted by atomic mass is 9.74. The van der Waals surface area contributed by atoms with E-state index in [9.17, 15) is 9.59 Å². The first-order valence-corrected chi connectivity index (χ1v) is 7.55. The van der Waals surface area contributed by atoms with Crippen molar-refractivity contribution in [3.8, 4) is 0 Å². The predicted molar refractivity (Wildman–Crippen MR) is 78.4 cm³/mol. The molecule has 3 N–H and O–H groups in total. The first-order chi connectivity index (χ1) is 9.34. The number of amides is 1. The molecule has 2 atom stereocenters. The molecule has 1 heterocycles. The molecule has 1 aliphatic heterocycles. The molecule has 0 aromatic carbocycles. The van der Waals surface area contributed by atoms with E-state index in [1.807, 2.05) is 20.8 Å². The Morgan fingerprint density at radius 1 is 1.45 bits per heavy atom. The van der Waals surface area contributed by atoms with Crippen LogP contribution in [0.5, 0.6) is 0 Å². The number of aliphatic carboxylic acids is 1. The van der Waals surface area contributed by atoms with Gasteiger partial charge in [0, 0.05) is 18.4 Å². The lowest BCUT2D eigenvalue weighted by molar-refractivity contribution is -0.137. The number of carbonyl (C=O) groups excluding carboxylic acids is 1. The normalized spacial score (nSPS) is 21.2. The molecule has 116 valence electrons. The first-order valence-electron chi connectivity index (χ1n) is 7.55. The van der Waals surface area contributed by atoms with Crippen LogP contribution < -0.4 is 10.6 Å². The molecular weight excluding hydrogens is 256 g/mol. The van der Waals surface area contributed by atoms with Crippen molar-refractivity contribution in [2.45, 2.75) is 46.5 Å².